The normalized spacial score (nSPS) is 20.9. The van der Waals surface area contributed by atoms with E-state index in [-0.39, 0.29) is 5.78 Å². The summed E-state index contributed by atoms with van der Waals surface area (Å²) in [5.41, 5.74) is 0.743. The van der Waals surface area contributed by atoms with Gasteiger partial charge in [0.1, 0.15) is 0 Å². The smallest absolute Gasteiger partial charge is 0.185 e. The first kappa shape index (κ1) is 10.1. The molecule has 2 rings (SSSR count). The highest BCUT2D eigenvalue weighted by atomic mass is 16.5. The first-order valence-electron chi connectivity index (χ1n) is 5.21. The Bertz CT molecular complexity index is 348. The Labute approximate surface area is 89.6 Å². The Balaban J connectivity index is 1.97. The number of ether oxygens (including phenoxy) is 1. The van der Waals surface area contributed by atoms with Crippen LogP contribution >= 0.6 is 0 Å². The summed E-state index contributed by atoms with van der Waals surface area (Å²) >= 11 is 0. The van der Waals surface area contributed by atoms with Gasteiger partial charge in [-0.2, -0.15) is 0 Å². The summed E-state index contributed by atoms with van der Waals surface area (Å²) in [5, 5.41) is 0. The first-order chi connectivity index (χ1) is 7.36. The Hall–Kier alpha value is -1.41. The summed E-state index contributed by atoms with van der Waals surface area (Å²) in [4.78, 5) is 11.7. The second-order valence-electron chi connectivity index (χ2n) is 3.71. The maximum atomic E-state index is 11.7. The number of benzene rings is 1. The quantitative estimate of drug-likeness (QED) is 0.556. The lowest BCUT2D eigenvalue weighted by Crippen LogP contribution is -1.98. The van der Waals surface area contributed by atoms with Gasteiger partial charge in [-0.3, -0.25) is 4.79 Å². The molecule has 1 fully saturated rings. The zero-order valence-electron chi connectivity index (χ0n) is 8.56. The van der Waals surface area contributed by atoms with E-state index in [1.165, 1.54) is 0 Å². The molecule has 0 spiro atoms. The number of ketones is 1. The molecule has 1 saturated heterocycles. The molecule has 0 saturated carbocycles. The number of allylic oxidation sites excluding steroid dienone is 1. The van der Waals surface area contributed by atoms with Gasteiger partial charge < -0.3 is 4.74 Å². The minimum absolute atomic E-state index is 0.0718. The third-order valence-corrected chi connectivity index (χ3v) is 2.54. The summed E-state index contributed by atoms with van der Waals surface area (Å²) in [6.07, 6.45) is 4.65. The minimum atomic E-state index is 0.0718. The molecule has 1 aliphatic rings. The fourth-order valence-electron chi connectivity index (χ4n) is 1.63. The van der Waals surface area contributed by atoms with Crippen molar-refractivity contribution in [1.82, 2.24) is 0 Å². The molecule has 0 aliphatic carbocycles. The van der Waals surface area contributed by atoms with E-state index in [0.717, 1.165) is 25.2 Å². The van der Waals surface area contributed by atoms with Gasteiger partial charge in [0.05, 0.1) is 6.61 Å². The van der Waals surface area contributed by atoms with Crippen LogP contribution in [0.5, 0.6) is 0 Å². The van der Waals surface area contributed by atoms with E-state index in [2.05, 4.69) is 0 Å². The molecule has 1 aromatic carbocycles. The third kappa shape index (κ3) is 2.77. The van der Waals surface area contributed by atoms with Crippen LogP contribution in [0.15, 0.2) is 42.5 Å². The highest BCUT2D eigenvalue weighted by molar-refractivity contribution is 6.04. The van der Waals surface area contributed by atoms with Crippen LogP contribution in [0.4, 0.5) is 0 Å². The first-order valence-corrected chi connectivity index (χ1v) is 5.21. The molecule has 1 aliphatic heterocycles. The van der Waals surface area contributed by atoms with E-state index in [1.807, 2.05) is 36.4 Å². The third-order valence-electron chi connectivity index (χ3n) is 2.54. The number of hydrogen-bond donors (Lipinski definition) is 0. The average molecular weight is 202 g/mol. The lowest BCUT2D eigenvalue weighted by atomic mass is 10.1. The highest BCUT2D eigenvalue weighted by Crippen LogP contribution is 2.14. The van der Waals surface area contributed by atoms with E-state index < -0.39 is 0 Å². The average Bonchev–Trinajstić information content (AvgIpc) is 2.80. The van der Waals surface area contributed by atoms with E-state index in [0.29, 0.717) is 5.92 Å². The monoisotopic (exact) mass is 202 g/mol. The zero-order chi connectivity index (χ0) is 10.5. The van der Waals surface area contributed by atoms with Crippen LogP contribution in [0.3, 0.4) is 0 Å². The fraction of sp³-hybridized carbons (Fsp3) is 0.308. The fourth-order valence-corrected chi connectivity index (χ4v) is 1.63. The summed E-state index contributed by atoms with van der Waals surface area (Å²) in [6.45, 7) is 1.56. The van der Waals surface area contributed by atoms with Gasteiger partial charge >= 0.3 is 0 Å². The van der Waals surface area contributed by atoms with Crippen molar-refractivity contribution in [3.8, 4) is 0 Å². The Kier molecular flexibility index (Phi) is 3.30. The molecular formula is C13H14O2. The molecule has 0 N–H and O–H groups in total. The standard InChI is InChI=1S/C13H14O2/c14-13(12-4-2-1-3-5-12)7-6-11-8-9-15-10-11/h1-7,11H,8-10H2/b7-6+. The Morgan fingerprint density at radius 3 is 2.80 bits per heavy atom. The molecule has 1 atom stereocenters. The van der Waals surface area contributed by atoms with Crippen LogP contribution < -0.4 is 0 Å². The molecule has 1 aromatic rings. The van der Waals surface area contributed by atoms with Crippen LogP contribution in [0.2, 0.25) is 0 Å². The number of rotatable bonds is 3. The summed E-state index contributed by atoms with van der Waals surface area (Å²) in [5.74, 6) is 0.486. The SMILES string of the molecule is O=C(/C=C/C1CCOC1)c1ccccc1. The zero-order valence-corrected chi connectivity index (χ0v) is 8.56. The summed E-state index contributed by atoms with van der Waals surface area (Å²) in [7, 11) is 0. The van der Waals surface area contributed by atoms with E-state index >= 15 is 0 Å². The number of carbonyl (C=O) groups is 1. The topological polar surface area (TPSA) is 26.3 Å². The molecular weight excluding hydrogens is 188 g/mol. The molecule has 0 amide bonds. The molecule has 0 radical (unpaired) electrons. The summed E-state index contributed by atoms with van der Waals surface area (Å²) < 4.78 is 5.23. The molecule has 2 nitrogen and oxygen atoms in total. The molecule has 1 unspecified atom stereocenters. The molecule has 0 bridgehead atoms. The van der Waals surface area contributed by atoms with Gasteiger partial charge in [-0.1, -0.05) is 36.4 Å². The molecule has 0 aromatic heterocycles. The second-order valence-corrected chi connectivity index (χ2v) is 3.71. The Morgan fingerprint density at radius 1 is 1.33 bits per heavy atom. The van der Waals surface area contributed by atoms with Gasteiger partial charge in [0.15, 0.2) is 5.78 Å². The van der Waals surface area contributed by atoms with Crippen molar-refractivity contribution < 1.29 is 9.53 Å². The van der Waals surface area contributed by atoms with Gasteiger partial charge in [0, 0.05) is 18.1 Å². The van der Waals surface area contributed by atoms with E-state index in [1.54, 1.807) is 6.08 Å². The van der Waals surface area contributed by atoms with Crippen LogP contribution in [-0.4, -0.2) is 19.0 Å². The van der Waals surface area contributed by atoms with Crippen molar-refractivity contribution in [1.29, 1.82) is 0 Å². The van der Waals surface area contributed by atoms with Gasteiger partial charge in [-0.25, -0.2) is 0 Å². The lowest BCUT2D eigenvalue weighted by Gasteiger charge is -1.98. The second kappa shape index (κ2) is 4.89. The summed E-state index contributed by atoms with van der Waals surface area (Å²) in [6, 6.07) is 9.32. The van der Waals surface area contributed by atoms with Crippen LogP contribution in [0.25, 0.3) is 0 Å². The largest absolute Gasteiger partial charge is 0.381 e. The maximum absolute atomic E-state index is 11.7. The Morgan fingerprint density at radius 2 is 2.13 bits per heavy atom. The van der Waals surface area contributed by atoms with Crippen LogP contribution in [0.1, 0.15) is 16.8 Å². The maximum Gasteiger partial charge on any atom is 0.185 e. The van der Waals surface area contributed by atoms with Gasteiger partial charge in [0.2, 0.25) is 0 Å². The lowest BCUT2D eigenvalue weighted by molar-refractivity contribution is 0.104. The van der Waals surface area contributed by atoms with Crippen molar-refractivity contribution in [2.45, 2.75) is 6.42 Å². The van der Waals surface area contributed by atoms with E-state index in [9.17, 15) is 4.79 Å². The molecule has 78 valence electrons. The molecule has 15 heavy (non-hydrogen) atoms. The van der Waals surface area contributed by atoms with Gasteiger partial charge in [0.25, 0.3) is 0 Å². The van der Waals surface area contributed by atoms with Crippen molar-refractivity contribution in [3.05, 3.63) is 48.0 Å². The highest BCUT2D eigenvalue weighted by Gasteiger charge is 2.12. The van der Waals surface area contributed by atoms with Crippen LogP contribution in [0, 0.1) is 5.92 Å². The van der Waals surface area contributed by atoms with Crippen molar-refractivity contribution in [2.75, 3.05) is 13.2 Å². The van der Waals surface area contributed by atoms with Crippen molar-refractivity contribution in [2.24, 2.45) is 5.92 Å². The number of hydrogen-bond acceptors (Lipinski definition) is 2. The van der Waals surface area contributed by atoms with Gasteiger partial charge in [-0.05, 0) is 12.5 Å². The molecule has 2 heteroatoms. The van der Waals surface area contributed by atoms with Gasteiger partial charge in [-0.15, -0.1) is 0 Å². The predicted octanol–water partition coefficient (Wildman–Crippen LogP) is 2.46. The minimum Gasteiger partial charge on any atom is -0.381 e. The van der Waals surface area contributed by atoms with Crippen molar-refractivity contribution in [3.63, 3.8) is 0 Å². The molecule has 1 heterocycles. The van der Waals surface area contributed by atoms with Crippen molar-refractivity contribution >= 4 is 5.78 Å². The number of carbonyl (C=O) groups excluding carboxylic acids is 1. The van der Waals surface area contributed by atoms with Crippen LogP contribution in [-0.2, 0) is 4.74 Å². The van der Waals surface area contributed by atoms with E-state index in [4.69, 9.17) is 4.74 Å². The predicted molar refractivity (Wildman–Crippen MR) is 58.8 cm³/mol.